The maximum absolute atomic E-state index is 12.4. The van der Waals surface area contributed by atoms with Gasteiger partial charge in [0.05, 0.1) is 10.5 Å². The third-order valence-electron chi connectivity index (χ3n) is 1.81. The second kappa shape index (κ2) is 3.95. The molecule has 0 radical (unpaired) electrons. The van der Waals surface area contributed by atoms with E-state index >= 15 is 0 Å². The molecule has 0 N–H and O–H groups in total. The molecular weight excluding hydrogens is 326 g/mol. The molecule has 0 aliphatic rings. The van der Waals surface area contributed by atoms with Crippen molar-refractivity contribution in [3.8, 4) is 0 Å². The van der Waals surface area contributed by atoms with E-state index in [1.807, 2.05) is 0 Å². The highest BCUT2D eigenvalue weighted by Gasteiger charge is 2.36. The molecule has 0 saturated heterocycles. The van der Waals surface area contributed by atoms with Crippen molar-refractivity contribution in [2.45, 2.75) is 13.1 Å². The minimum atomic E-state index is -4.56. The van der Waals surface area contributed by atoms with Gasteiger partial charge in [0, 0.05) is 5.56 Å². The SMILES string of the molecule is Cc1ccc(C(F)(F)F)c(I)c1[N+](=O)[O-]. The maximum Gasteiger partial charge on any atom is 0.417 e. The zero-order valence-corrected chi connectivity index (χ0v) is 9.59. The highest BCUT2D eigenvalue weighted by Crippen LogP contribution is 2.37. The number of rotatable bonds is 1. The molecule has 0 aliphatic heterocycles. The summed E-state index contributed by atoms with van der Waals surface area (Å²) in [4.78, 5) is 9.76. The van der Waals surface area contributed by atoms with Crippen LogP contribution in [-0.4, -0.2) is 4.92 Å². The molecule has 0 amide bonds. The Morgan fingerprint density at radius 3 is 2.33 bits per heavy atom. The molecule has 0 aromatic heterocycles. The Morgan fingerprint density at radius 1 is 1.40 bits per heavy atom. The lowest BCUT2D eigenvalue weighted by atomic mass is 10.1. The summed E-state index contributed by atoms with van der Waals surface area (Å²) in [7, 11) is 0. The summed E-state index contributed by atoms with van der Waals surface area (Å²) in [6, 6.07) is 1.95. The maximum atomic E-state index is 12.4. The lowest BCUT2D eigenvalue weighted by Crippen LogP contribution is -2.09. The number of alkyl halides is 3. The zero-order chi connectivity index (χ0) is 11.8. The quantitative estimate of drug-likeness (QED) is 0.449. The minimum Gasteiger partial charge on any atom is -0.258 e. The Kier molecular flexibility index (Phi) is 3.22. The molecule has 1 rings (SSSR count). The van der Waals surface area contributed by atoms with E-state index in [0.717, 1.165) is 12.1 Å². The third kappa shape index (κ3) is 2.39. The van der Waals surface area contributed by atoms with Crippen molar-refractivity contribution < 1.29 is 18.1 Å². The van der Waals surface area contributed by atoms with Gasteiger partial charge in [-0.15, -0.1) is 0 Å². The van der Waals surface area contributed by atoms with Crippen LogP contribution in [0.1, 0.15) is 11.1 Å². The number of halogens is 4. The molecule has 0 bridgehead atoms. The first-order valence-electron chi connectivity index (χ1n) is 3.76. The summed E-state index contributed by atoms with van der Waals surface area (Å²) in [5, 5.41) is 10.6. The van der Waals surface area contributed by atoms with Crippen molar-refractivity contribution in [2.75, 3.05) is 0 Å². The largest absolute Gasteiger partial charge is 0.417 e. The third-order valence-corrected chi connectivity index (χ3v) is 2.90. The standard InChI is InChI=1S/C8H5F3INO2/c1-4-2-3-5(8(9,10)11)6(12)7(4)13(14)15/h2-3H,1H3. The molecule has 0 heterocycles. The summed E-state index contributed by atoms with van der Waals surface area (Å²) >= 11 is 1.35. The van der Waals surface area contributed by atoms with E-state index in [2.05, 4.69) is 0 Å². The Bertz CT molecular complexity index is 417. The smallest absolute Gasteiger partial charge is 0.258 e. The van der Waals surface area contributed by atoms with Crippen molar-refractivity contribution in [2.24, 2.45) is 0 Å². The van der Waals surface area contributed by atoms with Crippen LogP contribution in [0.5, 0.6) is 0 Å². The Labute approximate surface area is 96.6 Å². The highest BCUT2D eigenvalue weighted by molar-refractivity contribution is 14.1. The summed E-state index contributed by atoms with van der Waals surface area (Å²) in [6.07, 6.45) is -4.56. The predicted octanol–water partition coefficient (Wildman–Crippen LogP) is 3.53. The summed E-state index contributed by atoms with van der Waals surface area (Å²) < 4.78 is 36.8. The zero-order valence-electron chi connectivity index (χ0n) is 7.43. The second-order valence-corrected chi connectivity index (χ2v) is 3.93. The summed E-state index contributed by atoms with van der Waals surface area (Å²) in [5.74, 6) is 0. The number of aryl methyl sites for hydroxylation is 1. The molecule has 0 spiro atoms. The van der Waals surface area contributed by atoms with Crippen molar-refractivity contribution in [3.63, 3.8) is 0 Å². The van der Waals surface area contributed by atoms with Crippen LogP contribution in [0.15, 0.2) is 12.1 Å². The number of benzene rings is 1. The van der Waals surface area contributed by atoms with Crippen LogP contribution in [0.4, 0.5) is 18.9 Å². The monoisotopic (exact) mass is 331 g/mol. The Hall–Kier alpha value is -0.860. The van der Waals surface area contributed by atoms with Crippen LogP contribution < -0.4 is 0 Å². The van der Waals surface area contributed by atoms with Crippen molar-refractivity contribution in [3.05, 3.63) is 36.9 Å². The topological polar surface area (TPSA) is 43.1 Å². The van der Waals surface area contributed by atoms with Gasteiger partial charge in [0.25, 0.3) is 5.69 Å². The second-order valence-electron chi connectivity index (χ2n) is 2.85. The van der Waals surface area contributed by atoms with Gasteiger partial charge in [0.15, 0.2) is 0 Å². The number of nitro groups is 1. The molecule has 3 nitrogen and oxygen atoms in total. The molecule has 15 heavy (non-hydrogen) atoms. The van der Waals surface area contributed by atoms with E-state index in [1.54, 1.807) is 0 Å². The Morgan fingerprint density at radius 2 is 1.93 bits per heavy atom. The minimum absolute atomic E-state index is 0.220. The fourth-order valence-corrected chi connectivity index (χ4v) is 2.21. The normalized spacial score (nSPS) is 11.5. The number of nitrogens with zero attached hydrogens (tertiary/aromatic N) is 1. The van der Waals surface area contributed by atoms with E-state index in [4.69, 9.17) is 0 Å². The first kappa shape index (κ1) is 12.2. The lowest BCUT2D eigenvalue weighted by molar-refractivity contribution is -0.386. The fourth-order valence-electron chi connectivity index (χ4n) is 1.10. The van der Waals surface area contributed by atoms with Crippen LogP contribution >= 0.6 is 22.6 Å². The predicted molar refractivity (Wildman–Crippen MR) is 55.6 cm³/mol. The summed E-state index contributed by atoms with van der Waals surface area (Å²) in [5.41, 5.74) is -1.23. The molecule has 0 aliphatic carbocycles. The van der Waals surface area contributed by atoms with Crippen LogP contribution in [0.3, 0.4) is 0 Å². The average molecular weight is 331 g/mol. The van der Waals surface area contributed by atoms with Gasteiger partial charge in [-0.3, -0.25) is 10.1 Å². The lowest BCUT2D eigenvalue weighted by Gasteiger charge is -2.09. The molecule has 0 atom stereocenters. The summed E-state index contributed by atoms with van der Waals surface area (Å²) in [6.45, 7) is 1.40. The van der Waals surface area contributed by atoms with Crippen LogP contribution in [0, 0.1) is 20.6 Å². The van der Waals surface area contributed by atoms with E-state index in [1.165, 1.54) is 29.5 Å². The van der Waals surface area contributed by atoms with Gasteiger partial charge in [-0.1, -0.05) is 6.07 Å². The van der Waals surface area contributed by atoms with Gasteiger partial charge in [0.1, 0.15) is 3.57 Å². The van der Waals surface area contributed by atoms with Crippen LogP contribution in [-0.2, 0) is 6.18 Å². The molecule has 1 aromatic rings. The Balaban J connectivity index is 3.49. The molecule has 82 valence electrons. The van der Waals surface area contributed by atoms with Gasteiger partial charge in [0.2, 0.25) is 0 Å². The average Bonchev–Trinajstić information content (AvgIpc) is 2.00. The van der Waals surface area contributed by atoms with Gasteiger partial charge in [-0.05, 0) is 35.6 Å². The number of hydrogen-bond acceptors (Lipinski definition) is 2. The molecule has 0 fully saturated rings. The van der Waals surface area contributed by atoms with Gasteiger partial charge >= 0.3 is 6.18 Å². The highest BCUT2D eigenvalue weighted by atomic mass is 127. The number of hydrogen-bond donors (Lipinski definition) is 0. The van der Waals surface area contributed by atoms with Crippen molar-refractivity contribution >= 4 is 28.3 Å². The first-order chi connectivity index (χ1) is 6.75. The van der Waals surface area contributed by atoms with Gasteiger partial charge in [-0.25, -0.2) is 0 Å². The number of nitro benzene ring substituents is 1. The van der Waals surface area contributed by atoms with E-state index in [0.29, 0.717) is 0 Å². The van der Waals surface area contributed by atoms with Crippen molar-refractivity contribution in [1.82, 2.24) is 0 Å². The molecule has 0 unspecified atom stereocenters. The van der Waals surface area contributed by atoms with Crippen molar-refractivity contribution in [1.29, 1.82) is 0 Å². The molecule has 7 heteroatoms. The van der Waals surface area contributed by atoms with Crippen LogP contribution in [0.25, 0.3) is 0 Å². The fraction of sp³-hybridized carbons (Fsp3) is 0.250. The van der Waals surface area contributed by atoms with Gasteiger partial charge < -0.3 is 0 Å². The molecular formula is C8H5F3INO2. The van der Waals surface area contributed by atoms with E-state index in [-0.39, 0.29) is 9.13 Å². The first-order valence-corrected chi connectivity index (χ1v) is 4.83. The molecule has 0 saturated carbocycles. The van der Waals surface area contributed by atoms with E-state index in [9.17, 15) is 23.3 Å². The van der Waals surface area contributed by atoms with E-state index < -0.39 is 22.4 Å². The van der Waals surface area contributed by atoms with Crippen LogP contribution in [0.2, 0.25) is 0 Å². The molecule has 1 aromatic carbocycles. The van der Waals surface area contributed by atoms with Gasteiger partial charge in [-0.2, -0.15) is 13.2 Å².